The fourth-order valence-electron chi connectivity index (χ4n) is 3.07. The fraction of sp³-hybridized carbons (Fsp3) is 0.200. The van der Waals surface area contributed by atoms with E-state index in [0.717, 1.165) is 22.3 Å². The molecule has 3 aromatic carbocycles. The average Bonchev–Trinajstić information content (AvgIpc) is 2.79. The minimum Gasteiger partial charge on any atom is -0.272 e. The maximum atomic E-state index is 13.2. The maximum absolute atomic E-state index is 13.2. The second kappa shape index (κ2) is 10.8. The van der Waals surface area contributed by atoms with Crippen LogP contribution < -0.4 is 5.43 Å². The van der Waals surface area contributed by atoms with E-state index < -0.39 is 15.9 Å². The molecule has 0 aliphatic heterocycles. The normalized spacial score (nSPS) is 11.7. The van der Waals surface area contributed by atoms with Gasteiger partial charge in [0.25, 0.3) is 5.91 Å². The van der Waals surface area contributed by atoms with Crippen molar-refractivity contribution in [2.45, 2.75) is 25.2 Å². The highest BCUT2D eigenvalue weighted by atomic mass is 32.2. The van der Waals surface area contributed by atoms with Gasteiger partial charge in [-0.2, -0.15) is 9.41 Å². The Bertz CT molecular complexity index is 1160. The van der Waals surface area contributed by atoms with E-state index in [4.69, 9.17) is 0 Å². The van der Waals surface area contributed by atoms with Gasteiger partial charge >= 0.3 is 0 Å². The number of hydrogen-bond acceptors (Lipinski definition) is 4. The molecule has 32 heavy (non-hydrogen) atoms. The van der Waals surface area contributed by atoms with Crippen LogP contribution in [0.2, 0.25) is 0 Å². The predicted molar refractivity (Wildman–Crippen MR) is 127 cm³/mol. The van der Waals surface area contributed by atoms with Crippen LogP contribution in [0.1, 0.15) is 22.3 Å². The van der Waals surface area contributed by atoms with Gasteiger partial charge in [0, 0.05) is 6.54 Å². The van der Waals surface area contributed by atoms with E-state index in [1.165, 1.54) is 10.5 Å². The van der Waals surface area contributed by atoms with Crippen LogP contribution in [-0.4, -0.2) is 37.9 Å². The standard InChI is InChI=1S/C25H27N3O3S/c1-20-8-12-23(13-9-20)18-26-27-25(29)19-28(17-16-22-6-4-3-5-7-22)32(30,31)24-14-10-21(2)11-15-24/h3-15,18H,16-17,19H2,1-2H3,(H,27,29)/b26-18-. The van der Waals surface area contributed by atoms with Crippen molar-refractivity contribution in [3.63, 3.8) is 0 Å². The van der Waals surface area contributed by atoms with Gasteiger partial charge in [0.15, 0.2) is 0 Å². The first-order chi connectivity index (χ1) is 15.3. The number of rotatable bonds is 9. The molecule has 1 N–H and O–H groups in total. The van der Waals surface area contributed by atoms with Crippen LogP contribution in [0.25, 0.3) is 0 Å². The summed E-state index contributed by atoms with van der Waals surface area (Å²) in [6.45, 7) is 3.73. The minimum absolute atomic E-state index is 0.159. The molecule has 0 saturated carbocycles. The van der Waals surface area contributed by atoms with E-state index in [9.17, 15) is 13.2 Å². The van der Waals surface area contributed by atoms with E-state index in [1.807, 2.05) is 68.4 Å². The third-order valence-corrected chi connectivity index (χ3v) is 6.81. The zero-order valence-corrected chi connectivity index (χ0v) is 19.0. The van der Waals surface area contributed by atoms with E-state index in [-0.39, 0.29) is 18.0 Å². The average molecular weight is 450 g/mol. The van der Waals surface area contributed by atoms with Gasteiger partial charge in [-0.05, 0) is 43.5 Å². The number of amides is 1. The van der Waals surface area contributed by atoms with Gasteiger partial charge in [0.1, 0.15) is 0 Å². The molecule has 6 nitrogen and oxygen atoms in total. The van der Waals surface area contributed by atoms with Crippen LogP contribution in [0, 0.1) is 13.8 Å². The Balaban J connectivity index is 1.72. The molecule has 0 fully saturated rings. The number of nitrogens with zero attached hydrogens (tertiary/aromatic N) is 2. The van der Waals surface area contributed by atoms with E-state index in [0.29, 0.717) is 6.42 Å². The third-order valence-electron chi connectivity index (χ3n) is 4.95. The Morgan fingerprint density at radius 2 is 1.50 bits per heavy atom. The summed E-state index contributed by atoms with van der Waals surface area (Å²) in [4.78, 5) is 12.7. The van der Waals surface area contributed by atoms with Crippen molar-refractivity contribution in [2.24, 2.45) is 5.10 Å². The van der Waals surface area contributed by atoms with Crippen LogP contribution in [0.4, 0.5) is 0 Å². The van der Waals surface area contributed by atoms with Gasteiger partial charge in [0.2, 0.25) is 10.0 Å². The van der Waals surface area contributed by atoms with Gasteiger partial charge in [-0.15, -0.1) is 0 Å². The number of benzene rings is 3. The molecule has 1 amide bonds. The van der Waals surface area contributed by atoms with Crippen LogP contribution >= 0.6 is 0 Å². The zero-order chi connectivity index (χ0) is 23.0. The second-order valence-electron chi connectivity index (χ2n) is 7.59. The summed E-state index contributed by atoms with van der Waals surface area (Å²) < 4.78 is 27.7. The number of nitrogens with one attached hydrogen (secondary N) is 1. The van der Waals surface area contributed by atoms with Crippen molar-refractivity contribution < 1.29 is 13.2 Å². The molecular weight excluding hydrogens is 422 g/mol. The van der Waals surface area contributed by atoms with Crippen LogP contribution in [0.15, 0.2) is 88.9 Å². The monoisotopic (exact) mass is 449 g/mol. The van der Waals surface area contributed by atoms with Crippen molar-refractivity contribution in [1.29, 1.82) is 0 Å². The van der Waals surface area contributed by atoms with Gasteiger partial charge < -0.3 is 0 Å². The number of sulfonamides is 1. The summed E-state index contributed by atoms with van der Waals surface area (Å²) in [5.74, 6) is -0.503. The first-order valence-corrected chi connectivity index (χ1v) is 11.8. The number of hydrogen-bond donors (Lipinski definition) is 1. The van der Waals surface area contributed by atoms with Crippen molar-refractivity contribution in [2.75, 3.05) is 13.1 Å². The van der Waals surface area contributed by atoms with Crippen LogP contribution in [0.5, 0.6) is 0 Å². The first kappa shape index (κ1) is 23.4. The van der Waals surface area contributed by atoms with Crippen molar-refractivity contribution >= 4 is 22.1 Å². The van der Waals surface area contributed by atoms with Crippen molar-refractivity contribution in [3.8, 4) is 0 Å². The highest BCUT2D eigenvalue weighted by molar-refractivity contribution is 7.89. The summed E-state index contributed by atoms with van der Waals surface area (Å²) in [5.41, 5.74) is 6.35. The van der Waals surface area contributed by atoms with Crippen molar-refractivity contribution in [1.82, 2.24) is 9.73 Å². The van der Waals surface area contributed by atoms with E-state index >= 15 is 0 Å². The lowest BCUT2D eigenvalue weighted by Gasteiger charge is -2.21. The van der Waals surface area contributed by atoms with E-state index in [2.05, 4.69) is 10.5 Å². The summed E-state index contributed by atoms with van der Waals surface area (Å²) >= 11 is 0. The number of carbonyl (C=O) groups is 1. The Morgan fingerprint density at radius 1 is 0.906 bits per heavy atom. The lowest BCUT2D eigenvalue weighted by atomic mass is 10.1. The van der Waals surface area contributed by atoms with Gasteiger partial charge in [-0.3, -0.25) is 4.79 Å². The largest absolute Gasteiger partial charge is 0.272 e. The fourth-order valence-corrected chi connectivity index (χ4v) is 4.47. The molecule has 3 rings (SSSR count). The molecule has 7 heteroatoms. The van der Waals surface area contributed by atoms with E-state index in [1.54, 1.807) is 24.3 Å². The Hall–Kier alpha value is -3.29. The van der Waals surface area contributed by atoms with Gasteiger partial charge in [-0.25, -0.2) is 13.8 Å². The maximum Gasteiger partial charge on any atom is 0.255 e. The first-order valence-electron chi connectivity index (χ1n) is 10.3. The highest BCUT2D eigenvalue weighted by Gasteiger charge is 2.26. The Morgan fingerprint density at radius 3 is 2.12 bits per heavy atom. The number of carbonyl (C=O) groups excluding carboxylic acids is 1. The van der Waals surface area contributed by atoms with Crippen LogP contribution in [0.3, 0.4) is 0 Å². The molecule has 166 valence electrons. The quantitative estimate of drug-likeness (QED) is 0.400. The number of hydrazone groups is 1. The molecule has 0 aliphatic rings. The SMILES string of the molecule is Cc1ccc(/C=N\NC(=O)CN(CCc2ccccc2)S(=O)(=O)c2ccc(C)cc2)cc1. The summed E-state index contributed by atoms with van der Waals surface area (Å²) in [6, 6.07) is 23.9. The third kappa shape index (κ3) is 6.60. The Kier molecular flexibility index (Phi) is 7.92. The van der Waals surface area contributed by atoms with Crippen LogP contribution in [-0.2, 0) is 21.2 Å². The molecule has 0 heterocycles. The molecule has 0 spiro atoms. The number of aryl methyl sites for hydroxylation is 2. The van der Waals surface area contributed by atoms with Gasteiger partial charge in [-0.1, -0.05) is 77.9 Å². The molecule has 0 saturated heterocycles. The Labute approximate surface area is 189 Å². The smallest absolute Gasteiger partial charge is 0.255 e. The molecule has 0 bridgehead atoms. The molecular formula is C25H27N3O3S. The van der Waals surface area contributed by atoms with Crippen molar-refractivity contribution in [3.05, 3.63) is 101 Å². The lowest BCUT2D eigenvalue weighted by molar-refractivity contribution is -0.121. The molecule has 0 atom stereocenters. The molecule has 3 aromatic rings. The zero-order valence-electron chi connectivity index (χ0n) is 18.2. The topological polar surface area (TPSA) is 78.8 Å². The summed E-state index contributed by atoms with van der Waals surface area (Å²) in [7, 11) is -3.84. The molecule has 0 aliphatic carbocycles. The molecule has 0 radical (unpaired) electrons. The highest BCUT2D eigenvalue weighted by Crippen LogP contribution is 2.17. The summed E-state index contributed by atoms with van der Waals surface area (Å²) in [5, 5.41) is 3.96. The second-order valence-corrected chi connectivity index (χ2v) is 9.53. The lowest BCUT2D eigenvalue weighted by Crippen LogP contribution is -2.40. The predicted octanol–water partition coefficient (Wildman–Crippen LogP) is 3.69. The molecule has 0 aromatic heterocycles. The summed E-state index contributed by atoms with van der Waals surface area (Å²) in [6.07, 6.45) is 2.02. The molecule has 0 unspecified atom stereocenters. The minimum atomic E-state index is -3.84. The van der Waals surface area contributed by atoms with Gasteiger partial charge in [0.05, 0.1) is 17.7 Å².